The molecule has 1 saturated heterocycles. The molecule has 3 aromatic rings. The lowest BCUT2D eigenvalue weighted by atomic mass is 10.1. The number of fused-ring (bicyclic) bond motifs is 1. The molecular formula is C24H26FN3O5S. The first-order chi connectivity index (χ1) is 15.9. The Bertz CT molecular complexity index is 1440. The summed E-state index contributed by atoms with van der Waals surface area (Å²) in [5.41, 5.74) is -1.36. The Morgan fingerprint density at radius 1 is 1.15 bits per heavy atom. The molecule has 1 amide bonds. The summed E-state index contributed by atoms with van der Waals surface area (Å²) in [5, 5.41) is -0.126. The highest BCUT2D eigenvalue weighted by Gasteiger charge is 2.37. The SMILES string of the molecule is CC(C)(C)OC(=O)N1CCCC1c1nc2cccc(S(C)(=O)=O)c2c(=O)n1-c1ccccc1F. The van der Waals surface area contributed by atoms with Gasteiger partial charge in [0.1, 0.15) is 17.2 Å². The molecule has 1 fully saturated rings. The van der Waals surface area contributed by atoms with E-state index in [1.807, 2.05) is 0 Å². The smallest absolute Gasteiger partial charge is 0.410 e. The molecule has 2 heterocycles. The quantitative estimate of drug-likeness (QED) is 0.554. The molecule has 1 atom stereocenters. The molecule has 0 bridgehead atoms. The number of sulfone groups is 1. The molecule has 0 saturated carbocycles. The Labute approximate surface area is 196 Å². The van der Waals surface area contributed by atoms with Gasteiger partial charge in [-0.25, -0.2) is 22.6 Å². The van der Waals surface area contributed by atoms with Crippen LogP contribution in [0.25, 0.3) is 16.6 Å². The van der Waals surface area contributed by atoms with E-state index < -0.39 is 38.9 Å². The number of likely N-dealkylation sites (tertiary alicyclic amines) is 1. The Kier molecular flexibility index (Phi) is 5.97. The first-order valence-electron chi connectivity index (χ1n) is 10.9. The lowest BCUT2D eigenvalue weighted by Crippen LogP contribution is -2.39. The largest absolute Gasteiger partial charge is 0.444 e. The number of amides is 1. The Morgan fingerprint density at radius 2 is 1.85 bits per heavy atom. The van der Waals surface area contributed by atoms with Crippen molar-refractivity contribution >= 4 is 26.8 Å². The highest BCUT2D eigenvalue weighted by atomic mass is 32.2. The van der Waals surface area contributed by atoms with Crippen molar-refractivity contribution in [3.63, 3.8) is 0 Å². The number of carbonyl (C=O) groups excluding carboxylic acids is 1. The third kappa shape index (κ3) is 4.42. The van der Waals surface area contributed by atoms with Gasteiger partial charge in [-0.1, -0.05) is 18.2 Å². The number of rotatable bonds is 3. The van der Waals surface area contributed by atoms with Crippen LogP contribution in [0.4, 0.5) is 9.18 Å². The van der Waals surface area contributed by atoms with E-state index in [9.17, 15) is 22.4 Å². The van der Waals surface area contributed by atoms with Gasteiger partial charge in [0.2, 0.25) is 0 Å². The van der Waals surface area contributed by atoms with Gasteiger partial charge in [-0.2, -0.15) is 0 Å². The summed E-state index contributed by atoms with van der Waals surface area (Å²) < 4.78 is 46.4. The molecule has 0 radical (unpaired) electrons. The molecule has 8 nitrogen and oxygen atoms in total. The van der Waals surface area contributed by atoms with E-state index in [1.54, 1.807) is 26.8 Å². The summed E-state index contributed by atoms with van der Waals surface area (Å²) >= 11 is 0. The number of carbonyl (C=O) groups is 1. The maximum absolute atomic E-state index is 14.9. The molecule has 1 aromatic heterocycles. The van der Waals surface area contributed by atoms with Crippen LogP contribution in [0, 0.1) is 5.82 Å². The molecule has 10 heteroatoms. The van der Waals surface area contributed by atoms with E-state index in [0.29, 0.717) is 19.4 Å². The summed E-state index contributed by atoms with van der Waals surface area (Å²) in [6.45, 7) is 5.65. The van der Waals surface area contributed by atoms with Crippen molar-refractivity contribution in [2.75, 3.05) is 12.8 Å². The zero-order valence-corrected chi connectivity index (χ0v) is 20.2. The van der Waals surface area contributed by atoms with Gasteiger partial charge >= 0.3 is 6.09 Å². The second-order valence-electron chi connectivity index (χ2n) is 9.32. The summed E-state index contributed by atoms with van der Waals surface area (Å²) in [6.07, 6.45) is 1.56. The zero-order chi connectivity index (χ0) is 24.8. The van der Waals surface area contributed by atoms with Crippen LogP contribution >= 0.6 is 0 Å². The van der Waals surface area contributed by atoms with Crippen molar-refractivity contribution in [3.8, 4) is 5.69 Å². The van der Waals surface area contributed by atoms with Crippen LogP contribution in [0.3, 0.4) is 0 Å². The minimum Gasteiger partial charge on any atom is -0.444 e. The number of nitrogens with zero attached hydrogens (tertiary/aromatic N) is 3. The number of halogens is 1. The predicted molar refractivity (Wildman–Crippen MR) is 125 cm³/mol. The van der Waals surface area contributed by atoms with Crippen molar-refractivity contribution in [1.29, 1.82) is 0 Å². The highest BCUT2D eigenvalue weighted by Crippen LogP contribution is 2.34. The molecule has 0 aliphatic carbocycles. The first-order valence-corrected chi connectivity index (χ1v) is 12.8. The van der Waals surface area contributed by atoms with Crippen LogP contribution in [-0.4, -0.2) is 47.4 Å². The Balaban J connectivity index is 2.02. The zero-order valence-electron chi connectivity index (χ0n) is 19.4. The summed E-state index contributed by atoms with van der Waals surface area (Å²) in [6, 6.07) is 9.39. The van der Waals surface area contributed by atoms with Crippen LogP contribution in [0.15, 0.2) is 52.2 Å². The molecule has 1 aliphatic heterocycles. The van der Waals surface area contributed by atoms with Crippen molar-refractivity contribution in [2.45, 2.75) is 50.2 Å². The fourth-order valence-electron chi connectivity index (χ4n) is 4.19. The minimum atomic E-state index is -3.77. The highest BCUT2D eigenvalue weighted by molar-refractivity contribution is 7.91. The van der Waals surface area contributed by atoms with Gasteiger partial charge in [-0.3, -0.25) is 14.3 Å². The van der Waals surface area contributed by atoms with E-state index >= 15 is 0 Å². The van der Waals surface area contributed by atoms with Crippen molar-refractivity contribution in [1.82, 2.24) is 14.5 Å². The van der Waals surface area contributed by atoms with Crippen LogP contribution in [0.1, 0.15) is 45.5 Å². The molecule has 4 rings (SSSR count). The number of aromatic nitrogens is 2. The number of hydrogen-bond donors (Lipinski definition) is 0. The van der Waals surface area contributed by atoms with Crippen molar-refractivity contribution < 1.29 is 22.3 Å². The summed E-state index contributed by atoms with van der Waals surface area (Å²) in [4.78, 5) is 32.6. The number of hydrogen-bond acceptors (Lipinski definition) is 6. The van der Waals surface area contributed by atoms with Crippen LogP contribution < -0.4 is 5.56 Å². The average Bonchev–Trinajstić information content (AvgIpc) is 3.22. The second kappa shape index (κ2) is 8.50. The molecule has 0 N–H and O–H groups in total. The van der Waals surface area contributed by atoms with E-state index in [0.717, 1.165) is 10.8 Å². The summed E-state index contributed by atoms with van der Waals surface area (Å²) in [7, 11) is -3.77. The molecule has 34 heavy (non-hydrogen) atoms. The van der Waals surface area contributed by atoms with E-state index in [1.165, 1.54) is 41.3 Å². The van der Waals surface area contributed by atoms with Gasteiger partial charge < -0.3 is 4.74 Å². The first kappa shape index (κ1) is 23.9. The topological polar surface area (TPSA) is 98.6 Å². The van der Waals surface area contributed by atoms with E-state index in [2.05, 4.69) is 4.98 Å². The maximum atomic E-state index is 14.9. The van der Waals surface area contributed by atoms with Gasteiger partial charge in [0.05, 0.1) is 27.5 Å². The number of para-hydroxylation sites is 1. The van der Waals surface area contributed by atoms with Gasteiger partial charge in [0.25, 0.3) is 5.56 Å². The van der Waals surface area contributed by atoms with Crippen molar-refractivity contribution in [3.05, 3.63) is 64.5 Å². The minimum absolute atomic E-state index is 0.0729. The lowest BCUT2D eigenvalue weighted by Gasteiger charge is -2.29. The third-order valence-corrected chi connectivity index (χ3v) is 6.70. The maximum Gasteiger partial charge on any atom is 0.410 e. The molecule has 0 spiro atoms. The fourth-order valence-corrected chi connectivity index (χ4v) is 5.08. The van der Waals surface area contributed by atoms with Gasteiger partial charge in [0, 0.05) is 12.8 Å². The van der Waals surface area contributed by atoms with Gasteiger partial charge in [-0.15, -0.1) is 0 Å². The van der Waals surface area contributed by atoms with E-state index in [4.69, 9.17) is 4.74 Å². The van der Waals surface area contributed by atoms with Crippen LogP contribution in [0.2, 0.25) is 0 Å². The van der Waals surface area contributed by atoms with Crippen LogP contribution in [0.5, 0.6) is 0 Å². The lowest BCUT2D eigenvalue weighted by molar-refractivity contribution is 0.0216. The Hall–Kier alpha value is -3.27. The molecule has 1 unspecified atom stereocenters. The monoisotopic (exact) mass is 487 g/mol. The molecular weight excluding hydrogens is 461 g/mol. The predicted octanol–water partition coefficient (Wildman–Crippen LogP) is 4.00. The molecule has 1 aliphatic rings. The number of benzene rings is 2. The molecule has 2 aromatic carbocycles. The second-order valence-corrected chi connectivity index (χ2v) is 11.3. The molecule has 180 valence electrons. The third-order valence-electron chi connectivity index (χ3n) is 5.56. The van der Waals surface area contributed by atoms with E-state index in [-0.39, 0.29) is 27.3 Å². The summed E-state index contributed by atoms with van der Waals surface area (Å²) in [5.74, 6) is -0.526. The Morgan fingerprint density at radius 3 is 2.50 bits per heavy atom. The van der Waals surface area contributed by atoms with Gasteiger partial charge in [0.15, 0.2) is 9.84 Å². The van der Waals surface area contributed by atoms with Crippen LogP contribution in [-0.2, 0) is 14.6 Å². The fraction of sp³-hybridized carbons (Fsp3) is 0.375. The standard InChI is InChI=1S/C24H26FN3O5S/c1-24(2,3)33-23(30)27-14-8-12-18(27)21-26-16-10-7-13-19(34(4,31)32)20(16)22(29)28(21)17-11-6-5-9-15(17)25/h5-7,9-11,13,18H,8,12,14H2,1-4H3. The van der Waals surface area contributed by atoms with Crippen molar-refractivity contribution in [2.24, 2.45) is 0 Å². The number of ether oxygens (including phenoxy) is 1. The normalized spacial score (nSPS) is 16.7. The van der Waals surface area contributed by atoms with Gasteiger partial charge in [-0.05, 0) is 57.9 Å². The average molecular weight is 488 g/mol.